The maximum Gasteiger partial charge on any atom is 0.175 e. The van der Waals surface area contributed by atoms with Crippen LogP contribution in [0.2, 0.25) is 0 Å². The first kappa shape index (κ1) is 30.4. The number of rotatable bonds is 15. The van der Waals surface area contributed by atoms with Crippen LogP contribution in [0.3, 0.4) is 0 Å². The van der Waals surface area contributed by atoms with Crippen molar-refractivity contribution in [1.82, 2.24) is 10.6 Å². The minimum Gasteiger partial charge on any atom is -0.396 e. The average Bonchev–Trinajstić information content (AvgIpc) is 2.78. The Bertz CT molecular complexity index is 1090. The molecular formula is C25H38N2O7S2. The summed E-state index contributed by atoms with van der Waals surface area (Å²) >= 11 is 0. The van der Waals surface area contributed by atoms with Crippen LogP contribution in [0.25, 0.3) is 0 Å². The molecule has 0 saturated heterocycles. The molecule has 0 bridgehead atoms. The van der Waals surface area contributed by atoms with E-state index in [0.29, 0.717) is 36.8 Å². The highest BCUT2D eigenvalue weighted by Gasteiger charge is 2.25. The van der Waals surface area contributed by atoms with Crippen LogP contribution in [0.4, 0.5) is 0 Å². The van der Waals surface area contributed by atoms with E-state index in [1.54, 1.807) is 55.5 Å². The number of nitrogens with one attached hydrogen (secondary N) is 2. The number of hydrogen-bond acceptors (Lipinski definition) is 9. The molecular weight excluding hydrogens is 504 g/mol. The molecule has 0 spiro atoms. The van der Waals surface area contributed by atoms with Gasteiger partial charge in [0.25, 0.3) is 0 Å². The SMILES string of the molecule is CC(O)C(NC(CCO)Cc1ccccc1S(C)(=O)=O)NC(CCO)Cc1ccccc1S(C)(=O)=O. The normalized spacial score (nSPS) is 15.8. The second-order valence-corrected chi connectivity index (χ2v) is 13.1. The number of aliphatic hydroxyl groups excluding tert-OH is 3. The molecule has 0 radical (unpaired) electrons. The van der Waals surface area contributed by atoms with Crippen LogP contribution < -0.4 is 10.6 Å². The zero-order valence-electron chi connectivity index (χ0n) is 21.0. The molecule has 0 aliphatic heterocycles. The Balaban J connectivity index is 2.27. The number of hydrogen-bond donors (Lipinski definition) is 5. The highest BCUT2D eigenvalue weighted by molar-refractivity contribution is 7.91. The van der Waals surface area contributed by atoms with E-state index < -0.39 is 31.9 Å². The second kappa shape index (κ2) is 13.6. The summed E-state index contributed by atoms with van der Waals surface area (Å²) in [5.74, 6) is 0. The lowest BCUT2D eigenvalue weighted by atomic mass is 10.0. The Kier molecular flexibility index (Phi) is 11.5. The predicted molar refractivity (Wildman–Crippen MR) is 139 cm³/mol. The third kappa shape index (κ3) is 9.22. The fourth-order valence-corrected chi connectivity index (χ4v) is 6.14. The Morgan fingerprint density at radius 2 is 1.08 bits per heavy atom. The molecule has 2 aromatic rings. The Labute approximate surface area is 214 Å². The Hall–Kier alpha value is -1.86. The molecule has 0 aromatic heterocycles. The summed E-state index contributed by atoms with van der Waals surface area (Å²) in [6.45, 7) is 1.30. The molecule has 0 fully saturated rings. The van der Waals surface area contributed by atoms with E-state index in [-0.39, 0.29) is 35.1 Å². The van der Waals surface area contributed by atoms with Crippen LogP contribution in [0.5, 0.6) is 0 Å². The van der Waals surface area contributed by atoms with Gasteiger partial charge in [-0.25, -0.2) is 16.8 Å². The van der Waals surface area contributed by atoms with Gasteiger partial charge in [0, 0.05) is 37.8 Å². The van der Waals surface area contributed by atoms with Crippen molar-refractivity contribution in [1.29, 1.82) is 0 Å². The van der Waals surface area contributed by atoms with Crippen molar-refractivity contribution in [3.8, 4) is 0 Å². The predicted octanol–water partition coefficient (Wildman–Crippen LogP) is 0.667. The number of sulfone groups is 2. The minimum absolute atomic E-state index is 0.146. The minimum atomic E-state index is -3.45. The van der Waals surface area contributed by atoms with E-state index in [9.17, 15) is 32.2 Å². The first-order chi connectivity index (χ1) is 16.9. The lowest BCUT2D eigenvalue weighted by Gasteiger charge is -2.32. The fourth-order valence-electron chi connectivity index (χ4n) is 4.23. The molecule has 0 aliphatic rings. The molecule has 3 atom stereocenters. The smallest absolute Gasteiger partial charge is 0.175 e. The van der Waals surface area contributed by atoms with Gasteiger partial charge in [-0.05, 0) is 55.9 Å². The standard InChI is InChI=1S/C25H38N2O7S2/c1-18(30)25(26-21(12-14-28)16-19-8-4-6-10-23(19)35(2,31)32)27-22(13-15-29)17-20-9-5-7-11-24(20)36(3,33)34/h4-11,18,21-22,25-30H,12-17H2,1-3H3. The molecule has 0 saturated carbocycles. The maximum absolute atomic E-state index is 12.2. The molecule has 2 rings (SSSR count). The van der Waals surface area contributed by atoms with Crippen LogP contribution in [-0.2, 0) is 32.5 Å². The van der Waals surface area contributed by atoms with Gasteiger partial charge in [-0.1, -0.05) is 36.4 Å². The molecule has 2 aromatic carbocycles. The first-order valence-electron chi connectivity index (χ1n) is 11.8. The van der Waals surface area contributed by atoms with E-state index in [4.69, 9.17) is 0 Å². The quantitative estimate of drug-likeness (QED) is 0.204. The van der Waals surface area contributed by atoms with Gasteiger partial charge in [-0.2, -0.15) is 0 Å². The summed E-state index contributed by atoms with van der Waals surface area (Å²) in [6.07, 6.45) is 1.96. The Morgan fingerprint density at radius 1 is 0.722 bits per heavy atom. The summed E-state index contributed by atoms with van der Waals surface area (Å²) in [7, 11) is -6.90. The zero-order valence-corrected chi connectivity index (χ0v) is 22.6. The van der Waals surface area contributed by atoms with Gasteiger partial charge in [-0.3, -0.25) is 10.6 Å². The highest BCUT2D eigenvalue weighted by Crippen LogP contribution is 2.20. The maximum atomic E-state index is 12.2. The van der Waals surface area contributed by atoms with Gasteiger partial charge < -0.3 is 15.3 Å². The molecule has 9 nitrogen and oxygen atoms in total. The van der Waals surface area contributed by atoms with E-state index in [1.807, 2.05) is 0 Å². The van der Waals surface area contributed by atoms with Crippen LogP contribution in [-0.4, -0.2) is 82.2 Å². The lowest BCUT2D eigenvalue weighted by Crippen LogP contribution is -2.57. The van der Waals surface area contributed by atoms with Gasteiger partial charge in [0.2, 0.25) is 0 Å². The molecule has 0 amide bonds. The molecule has 5 N–H and O–H groups in total. The number of aliphatic hydroxyl groups is 3. The third-order valence-electron chi connectivity index (χ3n) is 5.94. The van der Waals surface area contributed by atoms with Crippen molar-refractivity contribution < 1.29 is 32.2 Å². The van der Waals surface area contributed by atoms with Crippen molar-refractivity contribution in [3.05, 3.63) is 59.7 Å². The van der Waals surface area contributed by atoms with Gasteiger partial charge in [-0.15, -0.1) is 0 Å². The largest absolute Gasteiger partial charge is 0.396 e. The number of benzene rings is 2. The van der Waals surface area contributed by atoms with Crippen molar-refractivity contribution in [2.45, 2.75) is 66.8 Å². The van der Waals surface area contributed by atoms with E-state index in [2.05, 4.69) is 10.6 Å². The van der Waals surface area contributed by atoms with Crippen LogP contribution in [0.1, 0.15) is 30.9 Å². The molecule has 0 heterocycles. The first-order valence-corrected chi connectivity index (χ1v) is 15.6. The molecule has 202 valence electrons. The summed E-state index contributed by atoms with van der Waals surface area (Å²) in [4.78, 5) is 0.429. The average molecular weight is 543 g/mol. The molecule has 0 aliphatic carbocycles. The van der Waals surface area contributed by atoms with Crippen LogP contribution in [0.15, 0.2) is 58.3 Å². The molecule has 36 heavy (non-hydrogen) atoms. The molecule has 3 unspecified atom stereocenters. The van der Waals surface area contributed by atoms with Crippen LogP contribution in [0, 0.1) is 0 Å². The summed E-state index contributed by atoms with van der Waals surface area (Å²) < 4.78 is 48.9. The summed E-state index contributed by atoms with van der Waals surface area (Å²) in [6, 6.07) is 12.6. The van der Waals surface area contributed by atoms with Gasteiger partial charge >= 0.3 is 0 Å². The summed E-state index contributed by atoms with van der Waals surface area (Å²) in [5, 5.41) is 36.3. The zero-order chi connectivity index (χ0) is 26.9. The van der Waals surface area contributed by atoms with Gasteiger partial charge in [0.05, 0.1) is 22.1 Å². The van der Waals surface area contributed by atoms with E-state index in [1.165, 1.54) is 0 Å². The highest BCUT2D eigenvalue weighted by atomic mass is 32.2. The topological polar surface area (TPSA) is 153 Å². The third-order valence-corrected chi connectivity index (χ3v) is 8.34. The van der Waals surface area contributed by atoms with Crippen molar-refractivity contribution in [2.24, 2.45) is 0 Å². The Morgan fingerprint density at radius 3 is 1.39 bits per heavy atom. The van der Waals surface area contributed by atoms with Crippen molar-refractivity contribution >= 4 is 19.7 Å². The van der Waals surface area contributed by atoms with E-state index in [0.717, 1.165) is 12.5 Å². The summed E-state index contributed by atoms with van der Waals surface area (Å²) in [5.41, 5.74) is 1.20. The van der Waals surface area contributed by atoms with Crippen molar-refractivity contribution in [2.75, 3.05) is 25.7 Å². The van der Waals surface area contributed by atoms with Gasteiger partial charge in [0.15, 0.2) is 19.7 Å². The second-order valence-electron chi connectivity index (χ2n) is 9.14. The van der Waals surface area contributed by atoms with Gasteiger partial charge in [0.1, 0.15) is 0 Å². The van der Waals surface area contributed by atoms with Crippen LogP contribution >= 0.6 is 0 Å². The van der Waals surface area contributed by atoms with E-state index >= 15 is 0 Å². The van der Waals surface area contributed by atoms with Crippen molar-refractivity contribution in [3.63, 3.8) is 0 Å². The molecule has 11 heteroatoms. The monoisotopic (exact) mass is 542 g/mol. The lowest BCUT2D eigenvalue weighted by molar-refractivity contribution is 0.103. The fraction of sp³-hybridized carbons (Fsp3) is 0.520.